The van der Waals surface area contributed by atoms with Crippen molar-refractivity contribution in [1.29, 1.82) is 0 Å². The zero-order valence-electron chi connectivity index (χ0n) is 16.9. The van der Waals surface area contributed by atoms with Gasteiger partial charge in [0.25, 0.3) is 0 Å². The van der Waals surface area contributed by atoms with Crippen molar-refractivity contribution in [2.45, 2.75) is 12.1 Å². The van der Waals surface area contributed by atoms with Gasteiger partial charge < -0.3 is 10.1 Å². The number of fused-ring (bicyclic) bond motifs is 1. The Hall–Kier alpha value is -2.67. The maximum Gasteiger partial charge on any atom is 0.234 e. The van der Waals surface area contributed by atoms with Crippen molar-refractivity contribution in [2.24, 2.45) is 0 Å². The molecule has 0 unspecified atom stereocenters. The zero-order chi connectivity index (χ0) is 22.0. The van der Waals surface area contributed by atoms with Crippen LogP contribution in [0, 0.1) is 6.92 Å². The van der Waals surface area contributed by atoms with Gasteiger partial charge in [0.15, 0.2) is 5.16 Å². The van der Waals surface area contributed by atoms with E-state index in [1.165, 1.54) is 11.8 Å². The van der Waals surface area contributed by atoms with Crippen molar-refractivity contribution < 1.29 is 9.53 Å². The number of hydrogen-bond acceptors (Lipinski definition) is 4. The quantitative estimate of drug-likeness (QED) is 0.331. The van der Waals surface area contributed by atoms with E-state index >= 15 is 0 Å². The predicted molar refractivity (Wildman–Crippen MR) is 128 cm³/mol. The van der Waals surface area contributed by atoms with Crippen molar-refractivity contribution in [3.05, 3.63) is 76.3 Å². The second-order valence-electron chi connectivity index (χ2n) is 6.81. The molecule has 0 radical (unpaired) electrons. The van der Waals surface area contributed by atoms with Crippen LogP contribution < -0.4 is 10.1 Å². The Labute approximate surface area is 194 Å². The second-order valence-corrected chi connectivity index (χ2v) is 8.53. The van der Waals surface area contributed by atoms with Gasteiger partial charge in [-0.3, -0.25) is 9.36 Å². The molecule has 0 aliphatic heterocycles. The van der Waals surface area contributed by atoms with Crippen LogP contribution in [0.5, 0.6) is 5.75 Å². The smallest absolute Gasteiger partial charge is 0.234 e. The topological polar surface area (TPSA) is 56.1 Å². The number of benzene rings is 3. The number of imidazole rings is 1. The molecule has 0 aliphatic rings. The molecular formula is C23H19Cl2N3O2S. The predicted octanol–water partition coefficient (Wildman–Crippen LogP) is 6.38. The van der Waals surface area contributed by atoms with E-state index in [9.17, 15) is 4.79 Å². The maximum atomic E-state index is 12.6. The van der Waals surface area contributed by atoms with E-state index in [0.717, 1.165) is 28.0 Å². The van der Waals surface area contributed by atoms with Gasteiger partial charge in [0.05, 0.1) is 39.6 Å². The molecule has 8 heteroatoms. The fourth-order valence-corrected chi connectivity index (χ4v) is 4.45. The van der Waals surface area contributed by atoms with Gasteiger partial charge in [-0.25, -0.2) is 4.98 Å². The van der Waals surface area contributed by atoms with Crippen molar-refractivity contribution >= 4 is 57.6 Å². The van der Waals surface area contributed by atoms with Crippen LogP contribution in [0.1, 0.15) is 5.56 Å². The minimum atomic E-state index is -0.215. The minimum Gasteiger partial charge on any atom is -0.497 e. The van der Waals surface area contributed by atoms with Gasteiger partial charge in [-0.2, -0.15) is 0 Å². The number of methoxy groups -OCH3 is 1. The summed E-state index contributed by atoms with van der Waals surface area (Å²) in [6.07, 6.45) is 0. The summed E-state index contributed by atoms with van der Waals surface area (Å²) in [7, 11) is 1.63. The summed E-state index contributed by atoms with van der Waals surface area (Å²) in [4.78, 5) is 17.4. The van der Waals surface area contributed by atoms with E-state index in [-0.39, 0.29) is 11.7 Å². The number of halogens is 2. The number of nitrogens with zero attached hydrogens (tertiary/aromatic N) is 2. The van der Waals surface area contributed by atoms with Crippen molar-refractivity contribution in [1.82, 2.24) is 9.55 Å². The molecule has 0 aliphatic carbocycles. The fourth-order valence-electron chi connectivity index (χ4n) is 3.16. The van der Waals surface area contributed by atoms with Crippen LogP contribution in [0.15, 0.2) is 65.8 Å². The summed E-state index contributed by atoms with van der Waals surface area (Å²) in [5.74, 6) is 0.710. The highest BCUT2D eigenvalue weighted by molar-refractivity contribution is 7.99. The Kier molecular flexibility index (Phi) is 6.41. The van der Waals surface area contributed by atoms with Gasteiger partial charge in [0.2, 0.25) is 5.91 Å². The zero-order valence-corrected chi connectivity index (χ0v) is 19.2. The van der Waals surface area contributed by atoms with Gasteiger partial charge in [0, 0.05) is 5.69 Å². The highest BCUT2D eigenvalue weighted by Crippen LogP contribution is 2.33. The van der Waals surface area contributed by atoms with Gasteiger partial charge in [-0.1, -0.05) is 53.2 Å². The van der Waals surface area contributed by atoms with Gasteiger partial charge in [-0.05, 0) is 55.0 Å². The SMILES string of the molecule is COc1ccc(-n2c(SCC(=O)Nc3c(Cl)ccc(C)c3Cl)nc3ccccc32)cc1. The van der Waals surface area contributed by atoms with Crippen LogP contribution in [0.3, 0.4) is 0 Å². The van der Waals surface area contributed by atoms with E-state index < -0.39 is 0 Å². The summed E-state index contributed by atoms with van der Waals surface area (Å²) >= 11 is 13.9. The Balaban J connectivity index is 1.60. The van der Waals surface area contributed by atoms with Crippen molar-refractivity contribution in [2.75, 3.05) is 18.2 Å². The van der Waals surface area contributed by atoms with Crippen molar-refractivity contribution in [3.8, 4) is 11.4 Å². The molecule has 5 nitrogen and oxygen atoms in total. The number of hydrogen-bond donors (Lipinski definition) is 1. The molecule has 1 aromatic heterocycles. The van der Waals surface area contributed by atoms with E-state index in [1.54, 1.807) is 13.2 Å². The minimum absolute atomic E-state index is 0.153. The van der Waals surface area contributed by atoms with Gasteiger partial charge >= 0.3 is 0 Å². The fraction of sp³-hybridized carbons (Fsp3) is 0.130. The Bertz CT molecular complexity index is 1260. The first-order chi connectivity index (χ1) is 15.0. The Morgan fingerprint density at radius 1 is 1.10 bits per heavy atom. The summed E-state index contributed by atoms with van der Waals surface area (Å²) in [5.41, 5.74) is 4.02. The number of carbonyl (C=O) groups is 1. The molecule has 4 rings (SSSR count). The lowest BCUT2D eigenvalue weighted by atomic mass is 10.2. The number of nitrogens with one attached hydrogen (secondary N) is 1. The summed E-state index contributed by atoms with van der Waals surface area (Å²) in [6.45, 7) is 1.86. The molecule has 0 bridgehead atoms. The molecule has 31 heavy (non-hydrogen) atoms. The second kappa shape index (κ2) is 9.22. The highest BCUT2D eigenvalue weighted by atomic mass is 35.5. The molecule has 0 spiro atoms. The number of ether oxygens (including phenoxy) is 1. The summed E-state index contributed by atoms with van der Waals surface area (Å²) in [5, 5.41) is 4.37. The van der Waals surface area contributed by atoms with Gasteiger partial charge in [-0.15, -0.1) is 0 Å². The number of thioether (sulfide) groups is 1. The molecular weight excluding hydrogens is 453 g/mol. The van der Waals surface area contributed by atoms with E-state index in [1.807, 2.05) is 66.1 Å². The molecule has 3 aromatic carbocycles. The third-order valence-corrected chi connectivity index (χ3v) is 6.48. The molecule has 158 valence electrons. The lowest BCUT2D eigenvalue weighted by Gasteiger charge is -2.12. The number of anilines is 1. The number of amides is 1. The summed E-state index contributed by atoms with van der Waals surface area (Å²) < 4.78 is 7.29. The van der Waals surface area contributed by atoms with E-state index in [2.05, 4.69) is 5.32 Å². The van der Waals surface area contributed by atoms with Crippen LogP contribution in [0.25, 0.3) is 16.7 Å². The van der Waals surface area contributed by atoms with Gasteiger partial charge in [0.1, 0.15) is 5.75 Å². The van der Waals surface area contributed by atoms with Crippen LogP contribution in [0.2, 0.25) is 10.0 Å². The summed E-state index contributed by atoms with van der Waals surface area (Å²) in [6, 6.07) is 19.1. The normalized spacial score (nSPS) is 11.0. The van der Waals surface area contributed by atoms with E-state index in [4.69, 9.17) is 32.9 Å². The maximum absolute atomic E-state index is 12.6. The lowest BCUT2D eigenvalue weighted by molar-refractivity contribution is -0.113. The third-order valence-electron chi connectivity index (χ3n) is 4.74. The van der Waals surface area contributed by atoms with Crippen molar-refractivity contribution in [3.63, 3.8) is 0 Å². The highest BCUT2D eigenvalue weighted by Gasteiger charge is 2.16. The first-order valence-electron chi connectivity index (χ1n) is 9.47. The standard InChI is InChI=1S/C23H19Cl2N3O2S/c1-14-7-12-17(24)22(21(14)25)27-20(29)13-31-23-26-18-5-3-4-6-19(18)28(23)15-8-10-16(30-2)11-9-15/h3-12H,13H2,1-2H3,(H,27,29). The molecule has 1 N–H and O–H groups in total. The number of aryl methyl sites for hydroxylation is 1. The first-order valence-corrected chi connectivity index (χ1v) is 11.2. The third kappa shape index (κ3) is 4.51. The first kappa shape index (κ1) is 21.6. The average Bonchev–Trinajstić information content (AvgIpc) is 3.16. The molecule has 0 fully saturated rings. The molecule has 4 aromatic rings. The number of aromatic nitrogens is 2. The van der Waals surface area contributed by atoms with Crippen LogP contribution in [0.4, 0.5) is 5.69 Å². The van der Waals surface area contributed by atoms with Crippen LogP contribution in [-0.2, 0) is 4.79 Å². The monoisotopic (exact) mass is 471 g/mol. The molecule has 1 amide bonds. The van der Waals surface area contributed by atoms with Crippen LogP contribution in [-0.4, -0.2) is 28.3 Å². The molecule has 0 saturated carbocycles. The molecule has 1 heterocycles. The van der Waals surface area contributed by atoms with E-state index in [0.29, 0.717) is 20.9 Å². The average molecular weight is 472 g/mol. The Morgan fingerprint density at radius 3 is 2.58 bits per heavy atom. The number of para-hydroxylation sites is 2. The Morgan fingerprint density at radius 2 is 1.84 bits per heavy atom. The number of rotatable bonds is 6. The molecule has 0 atom stereocenters. The largest absolute Gasteiger partial charge is 0.497 e. The lowest BCUT2D eigenvalue weighted by Crippen LogP contribution is -2.15. The number of carbonyl (C=O) groups excluding carboxylic acids is 1. The molecule has 0 saturated heterocycles. The van der Waals surface area contributed by atoms with Crippen LogP contribution >= 0.6 is 35.0 Å².